The van der Waals surface area contributed by atoms with Gasteiger partial charge in [0, 0.05) is 19.7 Å². The number of ether oxygens (including phenoxy) is 2. The Hall–Kier alpha value is -1.06. The quantitative estimate of drug-likeness (QED) is 0.770. The van der Waals surface area contributed by atoms with Gasteiger partial charge >= 0.3 is 0 Å². The summed E-state index contributed by atoms with van der Waals surface area (Å²) < 4.78 is 11.1. The van der Waals surface area contributed by atoms with Crippen molar-refractivity contribution in [2.45, 2.75) is 39.3 Å². The van der Waals surface area contributed by atoms with Crippen LogP contribution in [0.25, 0.3) is 0 Å². The summed E-state index contributed by atoms with van der Waals surface area (Å²) in [7, 11) is 1.70. The van der Waals surface area contributed by atoms with Crippen LogP contribution >= 0.6 is 0 Å². The Bertz CT molecular complexity index is 322. The van der Waals surface area contributed by atoms with Crippen molar-refractivity contribution in [3.8, 4) is 5.75 Å². The molecule has 3 heteroatoms. The number of aryl methyl sites for hydroxylation is 1. The molecule has 0 aliphatic rings. The van der Waals surface area contributed by atoms with Crippen LogP contribution in [-0.4, -0.2) is 32.4 Å². The lowest BCUT2D eigenvalue weighted by molar-refractivity contribution is 0.0794. The molecule has 1 rings (SSSR count). The number of hydrogen-bond acceptors (Lipinski definition) is 3. The molecule has 0 radical (unpaired) electrons. The molecule has 102 valence electrons. The summed E-state index contributed by atoms with van der Waals surface area (Å²) in [6, 6.07) is 8.72. The average Bonchev–Trinajstić information content (AvgIpc) is 2.37. The highest BCUT2D eigenvalue weighted by Crippen LogP contribution is 2.14. The lowest BCUT2D eigenvalue weighted by Crippen LogP contribution is -2.38. The van der Waals surface area contributed by atoms with Crippen LogP contribution in [0.2, 0.25) is 0 Å². The van der Waals surface area contributed by atoms with E-state index in [0.29, 0.717) is 12.6 Å². The molecule has 0 aliphatic heterocycles. The number of benzene rings is 1. The molecular formula is C15H25NO2. The Kier molecular flexibility index (Phi) is 6.76. The summed E-state index contributed by atoms with van der Waals surface area (Å²) in [4.78, 5) is 0. The van der Waals surface area contributed by atoms with Gasteiger partial charge in [-0.15, -0.1) is 0 Å². The zero-order chi connectivity index (χ0) is 13.4. The summed E-state index contributed by atoms with van der Waals surface area (Å²) in [6.45, 7) is 7.78. The molecule has 1 atom stereocenters. The van der Waals surface area contributed by atoms with Crippen LogP contribution in [0.1, 0.15) is 26.3 Å². The van der Waals surface area contributed by atoms with Gasteiger partial charge in [-0.1, -0.05) is 32.9 Å². The van der Waals surface area contributed by atoms with Gasteiger partial charge in [0.15, 0.2) is 0 Å². The molecule has 0 heterocycles. The van der Waals surface area contributed by atoms with Crippen molar-refractivity contribution in [2.75, 3.05) is 20.3 Å². The van der Waals surface area contributed by atoms with E-state index >= 15 is 0 Å². The zero-order valence-electron chi connectivity index (χ0n) is 11.9. The third-order valence-corrected chi connectivity index (χ3v) is 2.74. The Labute approximate surface area is 110 Å². The molecule has 18 heavy (non-hydrogen) atoms. The maximum Gasteiger partial charge on any atom is 0.134 e. The Morgan fingerprint density at radius 2 is 1.83 bits per heavy atom. The minimum Gasteiger partial charge on any atom is -0.487 e. The second kappa shape index (κ2) is 8.11. The third-order valence-electron chi connectivity index (χ3n) is 2.74. The molecule has 1 aromatic rings. The largest absolute Gasteiger partial charge is 0.487 e. The van der Waals surface area contributed by atoms with Crippen LogP contribution in [0.5, 0.6) is 5.75 Å². The van der Waals surface area contributed by atoms with Crippen molar-refractivity contribution in [3.63, 3.8) is 0 Å². The van der Waals surface area contributed by atoms with E-state index in [9.17, 15) is 0 Å². The zero-order valence-corrected chi connectivity index (χ0v) is 11.9. The van der Waals surface area contributed by atoms with Gasteiger partial charge in [-0.3, -0.25) is 0 Å². The van der Waals surface area contributed by atoms with Crippen molar-refractivity contribution >= 4 is 0 Å². The van der Waals surface area contributed by atoms with Gasteiger partial charge in [0.05, 0.1) is 6.61 Å². The Morgan fingerprint density at radius 3 is 2.33 bits per heavy atom. The fourth-order valence-electron chi connectivity index (χ4n) is 1.68. The molecule has 0 amide bonds. The molecule has 0 fully saturated rings. The lowest BCUT2D eigenvalue weighted by Gasteiger charge is -2.20. The van der Waals surface area contributed by atoms with Gasteiger partial charge in [0.25, 0.3) is 0 Å². The van der Waals surface area contributed by atoms with E-state index in [4.69, 9.17) is 9.47 Å². The molecule has 0 aromatic heterocycles. The number of hydrogen-bond donors (Lipinski definition) is 1. The van der Waals surface area contributed by atoms with Crippen molar-refractivity contribution in [3.05, 3.63) is 29.8 Å². The summed E-state index contributed by atoms with van der Waals surface area (Å²) in [5.74, 6) is 0.903. The highest BCUT2D eigenvalue weighted by molar-refractivity contribution is 5.27. The summed E-state index contributed by atoms with van der Waals surface area (Å²) in [5.41, 5.74) is 1.32. The smallest absolute Gasteiger partial charge is 0.134 e. The maximum absolute atomic E-state index is 5.92. The monoisotopic (exact) mass is 251 g/mol. The molecular weight excluding hydrogens is 226 g/mol. The molecule has 0 spiro atoms. The van der Waals surface area contributed by atoms with Crippen LogP contribution in [0.15, 0.2) is 24.3 Å². The predicted octanol–water partition coefficient (Wildman–Crippen LogP) is 2.64. The Morgan fingerprint density at radius 1 is 1.17 bits per heavy atom. The summed E-state index contributed by atoms with van der Waals surface area (Å²) >= 11 is 0. The molecule has 1 aromatic carbocycles. The second-order valence-electron chi connectivity index (χ2n) is 4.76. The summed E-state index contributed by atoms with van der Waals surface area (Å²) in [5, 5.41) is 3.37. The molecule has 0 bridgehead atoms. The van der Waals surface area contributed by atoms with Gasteiger partial charge in [0.1, 0.15) is 11.9 Å². The summed E-state index contributed by atoms with van der Waals surface area (Å²) in [6.07, 6.45) is 1.10. The number of rotatable bonds is 8. The molecule has 1 unspecified atom stereocenters. The van der Waals surface area contributed by atoms with Gasteiger partial charge in [-0.2, -0.15) is 0 Å². The maximum atomic E-state index is 5.92. The average molecular weight is 251 g/mol. The minimum absolute atomic E-state index is 0.0462. The van der Waals surface area contributed by atoms with Crippen LogP contribution in [0.4, 0.5) is 0 Å². The third kappa shape index (κ3) is 5.52. The van der Waals surface area contributed by atoms with E-state index in [0.717, 1.165) is 18.7 Å². The molecule has 0 aliphatic carbocycles. The van der Waals surface area contributed by atoms with Crippen molar-refractivity contribution in [1.29, 1.82) is 0 Å². The van der Waals surface area contributed by atoms with Crippen molar-refractivity contribution in [1.82, 2.24) is 5.32 Å². The van der Waals surface area contributed by atoms with Crippen molar-refractivity contribution in [2.24, 2.45) is 0 Å². The van der Waals surface area contributed by atoms with E-state index in [1.54, 1.807) is 7.11 Å². The van der Waals surface area contributed by atoms with Crippen LogP contribution in [0.3, 0.4) is 0 Å². The normalized spacial score (nSPS) is 12.7. The Balaban J connectivity index is 2.52. The van der Waals surface area contributed by atoms with Crippen molar-refractivity contribution < 1.29 is 9.47 Å². The van der Waals surface area contributed by atoms with Gasteiger partial charge in [0.2, 0.25) is 0 Å². The molecule has 0 saturated heterocycles. The van der Waals surface area contributed by atoms with E-state index in [1.807, 2.05) is 12.1 Å². The standard InChI is InChI=1S/C15H25NO2/c1-5-13-6-8-14(9-7-13)18-15(11-17-4)10-16-12(2)3/h6-9,12,15-16H,5,10-11H2,1-4H3. The number of nitrogens with one attached hydrogen (secondary N) is 1. The fourth-order valence-corrected chi connectivity index (χ4v) is 1.68. The highest BCUT2D eigenvalue weighted by Gasteiger charge is 2.10. The SMILES string of the molecule is CCc1ccc(OC(CNC(C)C)COC)cc1. The first-order chi connectivity index (χ1) is 8.65. The molecule has 3 nitrogen and oxygen atoms in total. The van der Waals surface area contributed by atoms with E-state index in [-0.39, 0.29) is 6.10 Å². The first-order valence-corrected chi connectivity index (χ1v) is 6.63. The molecule has 0 saturated carbocycles. The van der Waals surface area contributed by atoms with Gasteiger partial charge in [-0.25, -0.2) is 0 Å². The fraction of sp³-hybridized carbons (Fsp3) is 0.600. The highest BCUT2D eigenvalue weighted by atomic mass is 16.5. The number of methoxy groups -OCH3 is 1. The van der Waals surface area contributed by atoms with Crippen LogP contribution in [0, 0.1) is 0 Å². The first-order valence-electron chi connectivity index (χ1n) is 6.63. The predicted molar refractivity (Wildman–Crippen MR) is 75.3 cm³/mol. The van der Waals surface area contributed by atoms with E-state index in [1.165, 1.54) is 5.56 Å². The topological polar surface area (TPSA) is 30.5 Å². The van der Waals surface area contributed by atoms with E-state index in [2.05, 4.69) is 38.2 Å². The first kappa shape index (κ1) is 15.0. The van der Waals surface area contributed by atoms with Crippen LogP contribution < -0.4 is 10.1 Å². The van der Waals surface area contributed by atoms with Gasteiger partial charge in [-0.05, 0) is 24.1 Å². The van der Waals surface area contributed by atoms with Gasteiger partial charge < -0.3 is 14.8 Å². The lowest BCUT2D eigenvalue weighted by atomic mass is 10.2. The molecule has 1 N–H and O–H groups in total. The van der Waals surface area contributed by atoms with E-state index < -0.39 is 0 Å². The minimum atomic E-state index is 0.0462. The van der Waals surface area contributed by atoms with Crippen LogP contribution in [-0.2, 0) is 11.2 Å². The second-order valence-corrected chi connectivity index (χ2v) is 4.76.